The Hall–Kier alpha value is -4.31. The lowest BCUT2D eigenvalue weighted by molar-refractivity contribution is -0.138. The summed E-state index contributed by atoms with van der Waals surface area (Å²) in [5.74, 6) is -1.37. The van der Waals surface area contributed by atoms with Gasteiger partial charge in [0, 0.05) is 0 Å². The number of methoxy groups -OCH3 is 3. The van der Waals surface area contributed by atoms with Crippen molar-refractivity contribution in [3.05, 3.63) is 84.8 Å². The molecule has 3 aromatic rings. The Labute approximate surface area is 216 Å². The molecule has 0 saturated carbocycles. The predicted molar refractivity (Wildman–Crippen MR) is 140 cm³/mol. The number of nitrogens with zero attached hydrogens (tertiary/aromatic N) is 1. The molecule has 1 unspecified atom stereocenters. The van der Waals surface area contributed by atoms with E-state index in [0.717, 1.165) is 11.3 Å². The number of fused-ring (bicyclic) bond motifs is 1. The normalized spacial score (nSPS) is 15.3. The van der Waals surface area contributed by atoms with Crippen LogP contribution in [0.3, 0.4) is 0 Å². The maximum absolute atomic E-state index is 13.6. The summed E-state index contributed by atoms with van der Waals surface area (Å²) >= 11 is 1.08. The molecule has 1 aliphatic rings. The van der Waals surface area contributed by atoms with Gasteiger partial charge in [-0.1, -0.05) is 24.3 Å². The molecule has 0 amide bonds. The van der Waals surface area contributed by atoms with Crippen LogP contribution in [-0.4, -0.2) is 44.4 Å². The van der Waals surface area contributed by atoms with Gasteiger partial charge in [-0.3, -0.25) is 9.36 Å². The van der Waals surface area contributed by atoms with E-state index in [1.165, 1.54) is 18.8 Å². The second kappa shape index (κ2) is 10.8. The standard InChI is InChI=1S/C27H26N2O7S/c1-5-36-27(32)21-20(16-9-7-11-18(14-16)34-3)22(26(31)35-4)25-29(23(21)28)24(30)19(37-25)13-15-8-6-10-17(12-15)33-2/h6-14,20H,5,28H2,1-4H3/b19-13-. The lowest BCUT2D eigenvalue weighted by Gasteiger charge is -2.27. The molecule has 192 valence electrons. The Morgan fingerprint density at radius 1 is 1.00 bits per heavy atom. The van der Waals surface area contributed by atoms with Crippen molar-refractivity contribution < 1.29 is 28.5 Å². The number of benzene rings is 2. The van der Waals surface area contributed by atoms with Crippen molar-refractivity contribution in [2.75, 3.05) is 27.9 Å². The largest absolute Gasteiger partial charge is 0.497 e. The van der Waals surface area contributed by atoms with Crippen molar-refractivity contribution in [3.63, 3.8) is 0 Å². The summed E-state index contributed by atoms with van der Waals surface area (Å²) < 4.78 is 22.8. The Morgan fingerprint density at radius 3 is 2.32 bits per heavy atom. The molecule has 10 heteroatoms. The van der Waals surface area contributed by atoms with E-state index in [9.17, 15) is 14.4 Å². The Kier molecular flexibility index (Phi) is 7.49. The van der Waals surface area contributed by atoms with E-state index in [4.69, 9.17) is 24.7 Å². The zero-order valence-electron chi connectivity index (χ0n) is 20.8. The molecule has 9 nitrogen and oxygen atoms in total. The number of thiazole rings is 1. The van der Waals surface area contributed by atoms with Gasteiger partial charge in [-0.2, -0.15) is 0 Å². The average molecular weight is 523 g/mol. The van der Waals surface area contributed by atoms with Gasteiger partial charge < -0.3 is 24.7 Å². The first-order chi connectivity index (χ1) is 17.8. The van der Waals surface area contributed by atoms with Crippen molar-refractivity contribution in [1.82, 2.24) is 4.57 Å². The van der Waals surface area contributed by atoms with E-state index in [1.54, 1.807) is 62.6 Å². The van der Waals surface area contributed by atoms with Gasteiger partial charge in [-0.15, -0.1) is 11.3 Å². The number of hydrogen-bond acceptors (Lipinski definition) is 9. The number of esters is 2. The van der Waals surface area contributed by atoms with Gasteiger partial charge in [0.25, 0.3) is 5.56 Å². The van der Waals surface area contributed by atoms with E-state index < -0.39 is 23.4 Å². The van der Waals surface area contributed by atoms with Gasteiger partial charge in [-0.05, 0) is 48.4 Å². The molecule has 37 heavy (non-hydrogen) atoms. The highest BCUT2D eigenvalue weighted by Gasteiger charge is 2.39. The Balaban J connectivity index is 2.10. The van der Waals surface area contributed by atoms with Crippen molar-refractivity contribution in [3.8, 4) is 11.5 Å². The maximum atomic E-state index is 13.6. The number of hydrogen-bond donors (Lipinski definition) is 1. The van der Waals surface area contributed by atoms with Crippen LogP contribution in [0.1, 0.15) is 24.0 Å². The molecule has 2 aromatic carbocycles. The van der Waals surface area contributed by atoms with E-state index in [1.807, 2.05) is 6.07 Å². The summed E-state index contributed by atoms with van der Waals surface area (Å²) in [7, 11) is 4.30. The summed E-state index contributed by atoms with van der Waals surface area (Å²) in [5, 5.41) is 0. The SMILES string of the molecule is CCOC(=O)C1=C(N)n2c(s/c(=C\c3cccc(OC)c3)c2=O)=C(C(=O)OC)C1c1cccc(OC)c1. The highest BCUT2D eigenvalue weighted by atomic mass is 32.1. The highest BCUT2D eigenvalue weighted by molar-refractivity contribution is 7.07. The zero-order valence-corrected chi connectivity index (χ0v) is 21.6. The molecule has 4 rings (SSSR count). The van der Waals surface area contributed by atoms with Crippen LogP contribution >= 0.6 is 11.3 Å². The van der Waals surface area contributed by atoms with Crippen molar-refractivity contribution in [2.24, 2.45) is 5.73 Å². The second-order valence-corrected chi connectivity index (χ2v) is 9.00. The van der Waals surface area contributed by atoms with Crippen molar-refractivity contribution in [1.29, 1.82) is 0 Å². The number of nitrogens with two attached hydrogens (primary N) is 1. The smallest absolute Gasteiger partial charge is 0.338 e. The quantitative estimate of drug-likeness (QED) is 0.465. The average Bonchev–Trinajstić information content (AvgIpc) is 3.23. The molecular weight excluding hydrogens is 496 g/mol. The maximum Gasteiger partial charge on any atom is 0.338 e. The number of carbonyl (C=O) groups is 2. The topological polar surface area (TPSA) is 119 Å². The fourth-order valence-corrected chi connectivity index (χ4v) is 5.37. The summed E-state index contributed by atoms with van der Waals surface area (Å²) in [6, 6.07) is 14.1. The molecule has 0 aliphatic carbocycles. The summed E-state index contributed by atoms with van der Waals surface area (Å²) in [5.41, 5.74) is 7.35. The van der Waals surface area contributed by atoms with Crippen LogP contribution in [0.5, 0.6) is 11.5 Å². The lowest BCUT2D eigenvalue weighted by atomic mass is 9.83. The number of rotatable bonds is 7. The van der Waals surface area contributed by atoms with E-state index in [-0.39, 0.29) is 28.2 Å². The number of ether oxygens (including phenoxy) is 4. The zero-order chi connectivity index (χ0) is 26.7. The van der Waals surface area contributed by atoms with Crippen LogP contribution in [0, 0.1) is 0 Å². The second-order valence-electron chi connectivity index (χ2n) is 7.97. The minimum absolute atomic E-state index is 0.0316. The van der Waals surface area contributed by atoms with E-state index >= 15 is 0 Å². The molecule has 2 heterocycles. The first-order valence-corrected chi connectivity index (χ1v) is 12.2. The molecule has 1 aliphatic heterocycles. The van der Waals surface area contributed by atoms with E-state index in [2.05, 4.69) is 0 Å². The molecule has 1 aromatic heterocycles. The third-order valence-corrected chi connectivity index (χ3v) is 6.98. The first kappa shape index (κ1) is 25.8. The van der Waals surface area contributed by atoms with Crippen LogP contribution in [0.15, 0.2) is 58.9 Å². The molecule has 0 radical (unpaired) electrons. The molecule has 0 bridgehead atoms. The Morgan fingerprint density at radius 2 is 1.68 bits per heavy atom. The summed E-state index contributed by atoms with van der Waals surface area (Å²) in [4.78, 5) is 40.0. The van der Waals surface area contributed by atoms with E-state index in [0.29, 0.717) is 27.2 Å². The van der Waals surface area contributed by atoms with Gasteiger partial charge >= 0.3 is 11.9 Å². The highest BCUT2D eigenvalue weighted by Crippen LogP contribution is 2.38. The first-order valence-electron chi connectivity index (χ1n) is 11.4. The van der Waals surface area contributed by atoms with Crippen molar-refractivity contribution in [2.45, 2.75) is 12.8 Å². The van der Waals surface area contributed by atoms with Crippen molar-refractivity contribution >= 4 is 40.7 Å². The van der Waals surface area contributed by atoms with Crippen LogP contribution in [0.25, 0.3) is 17.5 Å². The minimum atomic E-state index is -0.954. The number of aromatic nitrogens is 1. The Bertz CT molecular complexity index is 1580. The van der Waals surface area contributed by atoms with Crippen LogP contribution in [-0.2, 0) is 19.1 Å². The summed E-state index contributed by atoms with van der Waals surface area (Å²) in [6.07, 6.45) is 1.67. The molecular formula is C27H26N2O7S. The van der Waals surface area contributed by atoms with Crippen LogP contribution in [0.4, 0.5) is 0 Å². The number of carbonyl (C=O) groups excluding carboxylic acids is 2. The van der Waals surface area contributed by atoms with Gasteiger partial charge in [0.05, 0.1) is 49.5 Å². The molecule has 0 fully saturated rings. The molecule has 2 N–H and O–H groups in total. The minimum Gasteiger partial charge on any atom is -0.497 e. The molecule has 0 saturated heterocycles. The van der Waals surface area contributed by atoms with Gasteiger partial charge in [-0.25, -0.2) is 9.59 Å². The molecule has 1 atom stereocenters. The van der Waals surface area contributed by atoms with Gasteiger partial charge in [0.1, 0.15) is 22.0 Å². The molecule has 0 spiro atoms. The fraction of sp³-hybridized carbons (Fsp3) is 0.222. The van der Waals surface area contributed by atoms with Crippen LogP contribution < -0.4 is 30.0 Å². The third-order valence-electron chi connectivity index (χ3n) is 5.87. The predicted octanol–water partition coefficient (Wildman–Crippen LogP) is 1.57. The van der Waals surface area contributed by atoms with Gasteiger partial charge in [0.2, 0.25) is 0 Å². The lowest BCUT2D eigenvalue weighted by Crippen LogP contribution is -2.41. The van der Waals surface area contributed by atoms with Gasteiger partial charge in [0.15, 0.2) is 0 Å². The summed E-state index contributed by atoms with van der Waals surface area (Å²) in [6.45, 7) is 1.74. The third kappa shape index (κ3) is 4.75. The fourth-order valence-electron chi connectivity index (χ4n) is 4.20. The van der Waals surface area contributed by atoms with Crippen LogP contribution in [0.2, 0.25) is 0 Å². The monoisotopic (exact) mass is 522 g/mol.